The van der Waals surface area contributed by atoms with E-state index in [1.165, 1.54) is 13.0 Å². The van der Waals surface area contributed by atoms with Crippen LogP contribution in [0.5, 0.6) is 0 Å². The van der Waals surface area contributed by atoms with Crippen LogP contribution in [0.2, 0.25) is 0 Å². The number of carbonyl (C=O) groups excluding carboxylic acids is 3. The summed E-state index contributed by atoms with van der Waals surface area (Å²) in [6.45, 7) is 1.35. The Kier molecular flexibility index (Phi) is 5.22. The SMILES string of the molecule is CC(=O)Nc1ccc2c(COC(=O)C3CC4CCCC(C3)C4=O)cc(=O)oc2c1. The second-order valence-electron chi connectivity index (χ2n) is 7.99. The molecule has 1 aromatic carbocycles. The molecule has 29 heavy (non-hydrogen) atoms. The number of carbonyl (C=O) groups is 3. The van der Waals surface area contributed by atoms with Crippen molar-refractivity contribution >= 4 is 34.3 Å². The Morgan fingerprint density at radius 2 is 1.86 bits per heavy atom. The number of rotatable bonds is 4. The molecule has 0 aliphatic heterocycles. The summed E-state index contributed by atoms with van der Waals surface area (Å²) in [6.07, 6.45) is 3.90. The highest BCUT2D eigenvalue weighted by Crippen LogP contribution is 2.40. The second kappa shape index (κ2) is 7.81. The van der Waals surface area contributed by atoms with Gasteiger partial charge >= 0.3 is 11.6 Å². The molecule has 0 spiro atoms. The molecule has 7 nitrogen and oxygen atoms in total. The number of amides is 1. The molecule has 7 heteroatoms. The first kappa shape index (κ1) is 19.4. The van der Waals surface area contributed by atoms with Gasteiger partial charge in [0, 0.05) is 47.5 Å². The number of hydrogen-bond acceptors (Lipinski definition) is 6. The minimum Gasteiger partial charge on any atom is -0.461 e. The number of Topliss-reactive ketones (excluding diaryl/α,β-unsaturated/α-hetero) is 1. The van der Waals surface area contributed by atoms with Crippen molar-refractivity contribution in [1.29, 1.82) is 0 Å². The van der Waals surface area contributed by atoms with Crippen LogP contribution < -0.4 is 10.9 Å². The van der Waals surface area contributed by atoms with Crippen LogP contribution in [0.3, 0.4) is 0 Å². The summed E-state index contributed by atoms with van der Waals surface area (Å²) in [5, 5.41) is 3.28. The van der Waals surface area contributed by atoms with Gasteiger partial charge in [-0.3, -0.25) is 14.4 Å². The molecule has 0 radical (unpaired) electrons. The summed E-state index contributed by atoms with van der Waals surface area (Å²) >= 11 is 0. The molecule has 2 aliphatic carbocycles. The highest BCUT2D eigenvalue weighted by molar-refractivity contribution is 5.92. The van der Waals surface area contributed by atoms with Crippen molar-refractivity contribution in [1.82, 2.24) is 0 Å². The van der Waals surface area contributed by atoms with E-state index in [1.54, 1.807) is 18.2 Å². The maximum atomic E-state index is 12.6. The largest absolute Gasteiger partial charge is 0.461 e. The molecule has 1 heterocycles. The first-order valence-electron chi connectivity index (χ1n) is 9.95. The molecule has 1 N–H and O–H groups in total. The van der Waals surface area contributed by atoms with Crippen LogP contribution in [0.1, 0.15) is 44.6 Å². The summed E-state index contributed by atoms with van der Waals surface area (Å²) in [5.41, 5.74) is 0.820. The van der Waals surface area contributed by atoms with E-state index >= 15 is 0 Å². The first-order valence-corrected chi connectivity index (χ1v) is 9.95. The number of fused-ring (bicyclic) bond motifs is 3. The van der Waals surface area contributed by atoms with E-state index in [0.717, 1.165) is 19.3 Å². The van der Waals surface area contributed by atoms with Crippen molar-refractivity contribution in [2.45, 2.75) is 45.6 Å². The number of esters is 1. The van der Waals surface area contributed by atoms with Gasteiger partial charge in [-0.1, -0.05) is 6.42 Å². The van der Waals surface area contributed by atoms with Gasteiger partial charge in [-0.05, 0) is 37.8 Å². The van der Waals surface area contributed by atoms with Crippen molar-refractivity contribution in [3.63, 3.8) is 0 Å². The van der Waals surface area contributed by atoms with Crippen molar-refractivity contribution in [2.75, 3.05) is 5.32 Å². The molecule has 2 fully saturated rings. The van der Waals surface area contributed by atoms with Crippen LogP contribution in [-0.2, 0) is 25.7 Å². The molecule has 4 rings (SSSR count). The average molecular weight is 397 g/mol. The van der Waals surface area contributed by atoms with Gasteiger partial charge in [-0.15, -0.1) is 0 Å². The zero-order chi connectivity index (χ0) is 20.5. The van der Waals surface area contributed by atoms with Crippen molar-refractivity contribution in [3.8, 4) is 0 Å². The Labute approximate surface area is 167 Å². The van der Waals surface area contributed by atoms with E-state index in [-0.39, 0.29) is 36.2 Å². The quantitative estimate of drug-likeness (QED) is 0.628. The molecular weight excluding hydrogens is 374 g/mol. The number of nitrogens with one attached hydrogen (secondary N) is 1. The Bertz CT molecular complexity index is 1020. The lowest BCUT2D eigenvalue weighted by Gasteiger charge is -2.36. The third-order valence-corrected chi connectivity index (χ3v) is 5.90. The lowest BCUT2D eigenvalue weighted by atomic mass is 9.67. The number of ketones is 1. The standard InChI is InChI=1S/C22H23NO6/c1-12(24)23-17-5-6-18-16(9-20(25)29-19(18)10-17)11-28-22(27)15-7-13-3-2-4-14(8-15)21(13)26/h5-6,9-10,13-15H,2-4,7-8,11H2,1H3,(H,23,24). The Morgan fingerprint density at radius 3 is 2.55 bits per heavy atom. The molecule has 152 valence electrons. The summed E-state index contributed by atoms with van der Waals surface area (Å²) in [5.74, 6) is -0.533. The maximum absolute atomic E-state index is 12.6. The molecule has 2 aliphatic rings. The van der Waals surface area contributed by atoms with E-state index in [2.05, 4.69) is 5.32 Å². The highest BCUT2D eigenvalue weighted by atomic mass is 16.5. The lowest BCUT2D eigenvalue weighted by molar-refractivity contribution is -0.154. The Balaban J connectivity index is 1.49. The summed E-state index contributed by atoms with van der Waals surface area (Å²) in [7, 11) is 0. The van der Waals surface area contributed by atoms with Gasteiger partial charge in [0.25, 0.3) is 0 Å². The van der Waals surface area contributed by atoms with E-state index in [4.69, 9.17) is 9.15 Å². The molecule has 1 aromatic heterocycles. The topological polar surface area (TPSA) is 103 Å². The fourth-order valence-electron chi connectivity index (χ4n) is 4.57. The van der Waals surface area contributed by atoms with E-state index in [1.807, 2.05) is 0 Å². The summed E-state index contributed by atoms with van der Waals surface area (Å²) in [6, 6.07) is 6.30. The fraction of sp³-hybridized carbons (Fsp3) is 0.455. The third kappa shape index (κ3) is 4.09. The van der Waals surface area contributed by atoms with Gasteiger partial charge in [0.05, 0.1) is 5.92 Å². The molecule has 2 saturated carbocycles. The van der Waals surface area contributed by atoms with Gasteiger partial charge < -0.3 is 14.5 Å². The second-order valence-corrected chi connectivity index (χ2v) is 7.99. The minimum absolute atomic E-state index is 0.0168. The van der Waals surface area contributed by atoms with Crippen LogP contribution in [0, 0.1) is 17.8 Å². The van der Waals surface area contributed by atoms with Gasteiger partial charge in [0.15, 0.2) is 0 Å². The van der Waals surface area contributed by atoms with Crippen LogP contribution in [-0.4, -0.2) is 17.7 Å². The van der Waals surface area contributed by atoms with Crippen LogP contribution >= 0.6 is 0 Å². The normalized spacial score (nSPS) is 23.6. The van der Waals surface area contributed by atoms with Crippen LogP contribution in [0.25, 0.3) is 11.0 Å². The van der Waals surface area contributed by atoms with Crippen molar-refractivity contribution < 1.29 is 23.5 Å². The predicted molar refractivity (Wildman–Crippen MR) is 105 cm³/mol. The smallest absolute Gasteiger partial charge is 0.336 e. The lowest BCUT2D eigenvalue weighted by Crippen LogP contribution is -2.39. The first-order chi connectivity index (χ1) is 13.9. The molecule has 2 bridgehead atoms. The van der Waals surface area contributed by atoms with E-state index < -0.39 is 5.63 Å². The van der Waals surface area contributed by atoms with Crippen molar-refractivity contribution in [3.05, 3.63) is 40.2 Å². The average Bonchev–Trinajstić information content (AvgIpc) is 2.64. The third-order valence-electron chi connectivity index (χ3n) is 5.90. The fourth-order valence-corrected chi connectivity index (χ4v) is 4.57. The summed E-state index contributed by atoms with van der Waals surface area (Å²) in [4.78, 5) is 48.0. The van der Waals surface area contributed by atoms with Gasteiger partial charge in [-0.2, -0.15) is 0 Å². The minimum atomic E-state index is -0.554. The van der Waals surface area contributed by atoms with E-state index in [9.17, 15) is 19.2 Å². The molecule has 2 aromatic rings. The Morgan fingerprint density at radius 1 is 1.14 bits per heavy atom. The van der Waals surface area contributed by atoms with E-state index in [0.29, 0.717) is 40.8 Å². The molecule has 2 atom stereocenters. The van der Waals surface area contributed by atoms with Gasteiger partial charge in [0.1, 0.15) is 18.0 Å². The number of ether oxygens (including phenoxy) is 1. The van der Waals surface area contributed by atoms with Gasteiger partial charge in [-0.25, -0.2) is 4.79 Å². The molecule has 2 unspecified atom stereocenters. The zero-order valence-electron chi connectivity index (χ0n) is 16.2. The number of anilines is 1. The number of hydrogen-bond donors (Lipinski definition) is 1. The number of benzene rings is 1. The molecule has 0 saturated heterocycles. The Hall–Kier alpha value is -2.96. The van der Waals surface area contributed by atoms with Crippen LogP contribution in [0.4, 0.5) is 5.69 Å². The monoisotopic (exact) mass is 397 g/mol. The maximum Gasteiger partial charge on any atom is 0.336 e. The summed E-state index contributed by atoms with van der Waals surface area (Å²) < 4.78 is 10.8. The van der Waals surface area contributed by atoms with Gasteiger partial charge in [0.2, 0.25) is 5.91 Å². The molecule has 1 amide bonds. The highest BCUT2D eigenvalue weighted by Gasteiger charge is 2.41. The predicted octanol–water partition coefficient (Wildman–Crippen LogP) is 3.19. The molecular formula is C22H23NO6. The van der Waals surface area contributed by atoms with Crippen molar-refractivity contribution in [2.24, 2.45) is 17.8 Å². The van der Waals surface area contributed by atoms with Crippen LogP contribution in [0.15, 0.2) is 33.5 Å². The zero-order valence-corrected chi connectivity index (χ0v) is 16.2.